The van der Waals surface area contributed by atoms with Crippen molar-refractivity contribution in [3.05, 3.63) is 121 Å². The third kappa shape index (κ3) is 8.52. The van der Waals surface area contributed by atoms with Gasteiger partial charge in [0.15, 0.2) is 0 Å². The summed E-state index contributed by atoms with van der Waals surface area (Å²) in [7, 11) is -9.97. The summed E-state index contributed by atoms with van der Waals surface area (Å²) in [6.07, 6.45) is 5.49. The molecule has 0 amide bonds. The van der Waals surface area contributed by atoms with Crippen LogP contribution in [-0.2, 0) is 20.2 Å². The summed E-state index contributed by atoms with van der Waals surface area (Å²) < 4.78 is 73.2. The third-order valence-corrected chi connectivity index (χ3v) is 8.34. The molecule has 12 nitrogen and oxygen atoms in total. The van der Waals surface area contributed by atoms with Crippen LogP contribution in [0, 0.1) is 0 Å². The summed E-state index contributed by atoms with van der Waals surface area (Å²) in [5.74, 6) is 0. The van der Waals surface area contributed by atoms with Gasteiger partial charge in [-0.15, -0.1) is 10.2 Å². The van der Waals surface area contributed by atoms with Crippen LogP contribution in [0.2, 0.25) is 0 Å². The first-order valence-electron chi connectivity index (χ1n) is 12.9. The summed E-state index contributed by atoms with van der Waals surface area (Å²) in [6, 6.07) is 26.4. The second-order valence-electron chi connectivity index (χ2n) is 9.46. The van der Waals surface area contributed by atoms with E-state index < -0.39 is 30.0 Å². The molecule has 0 aliphatic carbocycles. The Kier molecular flexibility index (Phi) is 12.4. The molecule has 0 aliphatic heterocycles. The SMILES string of the molecule is O=S(=O)([O-])c1cc(-n2ncc(-c3ccccc3)n2)ccc1C=Cc1ccc(-n2ncc(-c3ccccc3)n2)cc1S(=O)(=O)[O-].[K+].[K+]. The van der Waals surface area contributed by atoms with Gasteiger partial charge in [-0.2, -0.15) is 19.8 Å². The van der Waals surface area contributed by atoms with Gasteiger partial charge < -0.3 is 9.11 Å². The van der Waals surface area contributed by atoms with Crippen molar-refractivity contribution in [3.63, 3.8) is 0 Å². The molecule has 0 saturated heterocycles. The average molecular weight is 703 g/mol. The Morgan fingerprint density at radius 1 is 0.543 bits per heavy atom. The molecule has 46 heavy (non-hydrogen) atoms. The zero-order valence-corrected chi connectivity index (χ0v) is 32.4. The van der Waals surface area contributed by atoms with Gasteiger partial charge in [0, 0.05) is 11.1 Å². The minimum Gasteiger partial charge on any atom is -0.744 e. The second kappa shape index (κ2) is 15.5. The molecule has 2 heterocycles. The van der Waals surface area contributed by atoms with Gasteiger partial charge >= 0.3 is 103 Å². The van der Waals surface area contributed by atoms with Crippen LogP contribution in [0.5, 0.6) is 0 Å². The van der Waals surface area contributed by atoms with Crippen molar-refractivity contribution < 1.29 is 129 Å². The zero-order valence-electron chi connectivity index (χ0n) is 24.5. The van der Waals surface area contributed by atoms with Crippen LogP contribution in [0.4, 0.5) is 0 Å². The molecule has 0 spiro atoms. The number of nitrogens with zero attached hydrogens (tertiary/aromatic N) is 6. The van der Waals surface area contributed by atoms with Crippen molar-refractivity contribution in [3.8, 4) is 33.9 Å². The molecule has 16 heteroatoms. The number of hydrogen-bond donors (Lipinski definition) is 0. The Balaban J connectivity index is 0.00000240. The first-order valence-corrected chi connectivity index (χ1v) is 15.7. The van der Waals surface area contributed by atoms with Crippen molar-refractivity contribution in [2.24, 2.45) is 0 Å². The molecule has 4 aromatic carbocycles. The van der Waals surface area contributed by atoms with Gasteiger partial charge in [0.1, 0.15) is 31.6 Å². The van der Waals surface area contributed by atoms with Crippen molar-refractivity contribution in [1.82, 2.24) is 30.0 Å². The van der Waals surface area contributed by atoms with Gasteiger partial charge in [-0.05, 0) is 35.4 Å². The van der Waals surface area contributed by atoms with E-state index >= 15 is 0 Å². The van der Waals surface area contributed by atoms with Gasteiger partial charge in [-0.1, -0.05) is 84.9 Å². The van der Waals surface area contributed by atoms with E-state index in [1.54, 1.807) is 0 Å². The predicted molar refractivity (Wildman–Crippen MR) is 158 cm³/mol. The van der Waals surface area contributed by atoms with E-state index in [2.05, 4.69) is 20.4 Å². The molecule has 0 atom stereocenters. The van der Waals surface area contributed by atoms with Gasteiger partial charge in [0.25, 0.3) is 0 Å². The fourth-order valence-electron chi connectivity index (χ4n) is 4.44. The molecule has 0 aliphatic rings. The molecule has 0 radical (unpaired) electrons. The van der Waals surface area contributed by atoms with E-state index in [-0.39, 0.29) is 125 Å². The predicted octanol–water partition coefficient (Wildman–Crippen LogP) is -1.83. The smallest absolute Gasteiger partial charge is 0.744 e. The maximum absolute atomic E-state index is 12.2. The van der Waals surface area contributed by atoms with E-state index in [9.17, 15) is 25.9 Å². The molecule has 0 fully saturated rings. The standard InChI is InChI=1S/C30H22N6O6S2.2K/c37-43(38,39)29-17-25(35-31-19-27(33-35)21-7-3-1-4-8-21)15-13-23(29)11-12-24-14-16-26(18-30(24)44(40,41)42)36-32-20-28(34-36)22-9-5-2-6-10-22;;/h1-20H,(H,37,38,39)(H,40,41,42);;/q;2*+1/p-2. The minimum atomic E-state index is -4.99. The van der Waals surface area contributed by atoms with Crippen LogP contribution in [0.25, 0.3) is 46.0 Å². The normalized spacial score (nSPS) is 11.6. The third-order valence-electron chi connectivity index (χ3n) is 6.56. The topological polar surface area (TPSA) is 176 Å². The van der Waals surface area contributed by atoms with Crippen LogP contribution >= 0.6 is 0 Å². The van der Waals surface area contributed by atoms with E-state index in [1.165, 1.54) is 58.4 Å². The molecular formula is C30H20K2N6O6S2. The van der Waals surface area contributed by atoms with Crippen molar-refractivity contribution >= 4 is 32.4 Å². The van der Waals surface area contributed by atoms with Crippen LogP contribution < -0.4 is 103 Å². The molecule has 0 bridgehead atoms. The molecule has 6 rings (SSSR count). The monoisotopic (exact) mass is 702 g/mol. The Hall–Kier alpha value is -2.01. The number of hydrogen-bond acceptors (Lipinski definition) is 10. The van der Waals surface area contributed by atoms with E-state index in [1.807, 2.05) is 60.7 Å². The largest absolute Gasteiger partial charge is 1.00 e. The maximum atomic E-state index is 12.2. The molecular weight excluding hydrogens is 683 g/mol. The van der Waals surface area contributed by atoms with Crippen molar-refractivity contribution in [2.75, 3.05) is 0 Å². The minimum absolute atomic E-state index is 0. The first-order chi connectivity index (χ1) is 21.1. The Bertz CT molecular complexity index is 2080. The van der Waals surface area contributed by atoms with E-state index in [0.29, 0.717) is 11.4 Å². The van der Waals surface area contributed by atoms with Gasteiger partial charge in [0.2, 0.25) is 0 Å². The van der Waals surface area contributed by atoms with Crippen molar-refractivity contribution in [1.29, 1.82) is 0 Å². The molecule has 0 N–H and O–H groups in total. The van der Waals surface area contributed by atoms with Crippen LogP contribution in [0.1, 0.15) is 11.1 Å². The molecule has 0 unspecified atom stereocenters. The second-order valence-corrected chi connectivity index (χ2v) is 12.2. The Morgan fingerprint density at radius 2 is 0.913 bits per heavy atom. The fraction of sp³-hybridized carbons (Fsp3) is 0. The summed E-state index contributed by atoms with van der Waals surface area (Å²) in [5, 5.41) is 17.1. The van der Waals surface area contributed by atoms with Crippen molar-refractivity contribution in [2.45, 2.75) is 9.79 Å². The van der Waals surface area contributed by atoms with E-state index in [4.69, 9.17) is 0 Å². The summed E-state index contributed by atoms with van der Waals surface area (Å²) >= 11 is 0. The summed E-state index contributed by atoms with van der Waals surface area (Å²) in [5.41, 5.74) is 3.04. The summed E-state index contributed by atoms with van der Waals surface area (Å²) in [4.78, 5) is 1.22. The van der Waals surface area contributed by atoms with E-state index in [0.717, 1.165) is 23.3 Å². The molecule has 220 valence electrons. The van der Waals surface area contributed by atoms with Gasteiger partial charge in [0.05, 0.1) is 33.6 Å². The van der Waals surface area contributed by atoms with Crippen LogP contribution in [0.15, 0.2) is 119 Å². The Morgan fingerprint density at radius 3 is 1.26 bits per heavy atom. The van der Waals surface area contributed by atoms with Crippen LogP contribution in [0.3, 0.4) is 0 Å². The first kappa shape index (κ1) is 36.8. The summed E-state index contributed by atoms with van der Waals surface area (Å²) in [6.45, 7) is 0. The van der Waals surface area contributed by atoms with Crippen LogP contribution in [-0.4, -0.2) is 55.9 Å². The maximum Gasteiger partial charge on any atom is 1.00 e. The van der Waals surface area contributed by atoms with Gasteiger partial charge in [-0.25, -0.2) is 16.8 Å². The quantitative estimate of drug-likeness (QED) is 0.0997. The molecule has 6 aromatic rings. The number of rotatable bonds is 8. The molecule has 2 aromatic heterocycles. The molecule has 0 saturated carbocycles. The van der Waals surface area contributed by atoms with Gasteiger partial charge in [-0.3, -0.25) is 0 Å². The fourth-order valence-corrected chi connectivity index (χ4v) is 5.82. The number of aromatic nitrogens is 6. The number of benzene rings is 4. The zero-order chi connectivity index (χ0) is 30.9. The Labute approximate surface area is 349 Å². The average Bonchev–Trinajstić information content (AvgIpc) is 3.71.